The smallest absolute Gasteiger partial charge is 0.338 e. The van der Waals surface area contributed by atoms with Crippen LogP contribution in [-0.2, 0) is 21.2 Å². The van der Waals surface area contributed by atoms with E-state index in [1.54, 1.807) is 12.1 Å². The lowest BCUT2D eigenvalue weighted by molar-refractivity contribution is 0.0318. The van der Waals surface area contributed by atoms with Crippen LogP contribution in [0.25, 0.3) is 0 Å². The van der Waals surface area contributed by atoms with E-state index in [2.05, 4.69) is 0 Å². The monoisotopic (exact) mass is 389 g/mol. The molecule has 0 saturated carbocycles. The van der Waals surface area contributed by atoms with Gasteiger partial charge in [0.25, 0.3) is 0 Å². The van der Waals surface area contributed by atoms with E-state index in [1.165, 1.54) is 45.3 Å². The number of rotatable bonds is 7. The van der Waals surface area contributed by atoms with Gasteiger partial charge in [-0.2, -0.15) is 0 Å². The predicted molar refractivity (Wildman–Crippen MR) is 102 cm³/mol. The molecule has 0 bridgehead atoms. The second-order valence-corrected chi connectivity index (χ2v) is 8.43. The van der Waals surface area contributed by atoms with Crippen LogP contribution in [0.15, 0.2) is 53.4 Å². The Labute approximate surface area is 159 Å². The number of benzene rings is 2. The molecule has 27 heavy (non-hydrogen) atoms. The zero-order valence-corrected chi connectivity index (χ0v) is 16.6. The molecule has 0 N–H and O–H groups in total. The van der Waals surface area contributed by atoms with Crippen molar-refractivity contribution in [1.29, 1.82) is 0 Å². The fraction of sp³-hybridized carbons (Fsp3) is 0.300. The Hall–Kier alpha value is -2.51. The van der Waals surface area contributed by atoms with Crippen molar-refractivity contribution in [3.63, 3.8) is 0 Å². The molecule has 0 aliphatic carbocycles. The predicted octanol–water partition coefficient (Wildman–Crippen LogP) is 2.93. The molecule has 2 aromatic rings. The van der Waals surface area contributed by atoms with Gasteiger partial charge in [-0.15, -0.1) is 0 Å². The number of hydrogen-bond acceptors (Lipinski definition) is 5. The number of esters is 1. The highest BCUT2D eigenvalue weighted by Gasteiger charge is 2.23. The van der Waals surface area contributed by atoms with Crippen LogP contribution in [0.2, 0.25) is 0 Å². The fourth-order valence-corrected chi connectivity index (χ4v) is 3.36. The Morgan fingerprint density at radius 3 is 2.22 bits per heavy atom. The van der Waals surface area contributed by atoms with E-state index in [1.807, 2.05) is 19.1 Å². The van der Waals surface area contributed by atoms with Gasteiger partial charge in [-0.3, -0.25) is 4.79 Å². The van der Waals surface area contributed by atoms with Gasteiger partial charge >= 0.3 is 5.97 Å². The summed E-state index contributed by atoms with van der Waals surface area (Å²) in [6.07, 6.45) is -0.121. The molecule has 0 fully saturated rings. The van der Waals surface area contributed by atoms with Gasteiger partial charge in [0.1, 0.15) is 0 Å². The quantitative estimate of drug-likeness (QED) is 0.537. The molecule has 0 spiro atoms. The van der Waals surface area contributed by atoms with Gasteiger partial charge in [0.15, 0.2) is 6.10 Å². The minimum absolute atomic E-state index is 0.0175. The molecule has 0 amide bonds. The minimum Gasteiger partial charge on any atom is -0.451 e. The van der Waals surface area contributed by atoms with E-state index in [-0.39, 0.29) is 16.2 Å². The van der Waals surface area contributed by atoms with Crippen molar-refractivity contribution in [3.8, 4) is 0 Å². The topological polar surface area (TPSA) is 80.8 Å². The third-order valence-electron chi connectivity index (χ3n) is 4.15. The summed E-state index contributed by atoms with van der Waals surface area (Å²) >= 11 is 0. The Bertz CT molecular complexity index is 933. The van der Waals surface area contributed by atoms with Crippen LogP contribution in [0.4, 0.5) is 0 Å². The maximum atomic E-state index is 12.4. The average molecular weight is 389 g/mol. The average Bonchev–Trinajstić information content (AvgIpc) is 2.67. The number of hydrogen-bond donors (Lipinski definition) is 0. The number of aryl methyl sites for hydroxylation is 1. The molecule has 0 saturated heterocycles. The van der Waals surface area contributed by atoms with E-state index in [9.17, 15) is 18.0 Å². The number of nitrogens with zero attached hydrogens (tertiary/aromatic N) is 1. The number of carbonyl (C=O) groups excluding carboxylic acids is 2. The Morgan fingerprint density at radius 1 is 1.04 bits per heavy atom. The van der Waals surface area contributed by atoms with E-state index in [0.29, 0.717) is 5.56 Å². The van der Waals surface area contributed by atoms with Crippen LogP contribution in [0, 0.1) is 0 Å². The normalized spacial score (nSPS) is 12.6. The van der Waals surface area contributed by atoms with Gasteiger partial charge in [-0.1, -0.05) is 37.3 Å². The number of ether oxygens (including phenoxy) is 1. The molecular formula is C20H23NO5S. The summed E-state index contributed by atoms with van der Waals surface area (Å²) < 4.78 is 30.7. The molecule has 0 heterocycles. The van der Waals surface area contributed by atoms with E-state index < -0.39 is 22.1 Å². The molecule has 0 aliphatic heterocycles. The lowest BCUT2D eigenvalue weighted by atomic mass is 10.0. The van der Waals surface area contributed by atoms with Gasteiger partial charge in [-0.25, -0.2) is 17.5 Å². The molecule has 144 valence electrons. The number of sulfonamides is 1. The van der Waals surface area contributed by atoms with E-state index >= 15 is 0 Å². The van der Waals surface area contributed by atoms with Crippen LogP contribution in [0.3, 0.4) is 0 Å². The summed E-state index contributed by atoms with van der Waals surface area (Å²) in [5, 5.41) is 0. The number of carbonyl (C=O) groups is 2. The molecule has 2 rings (SSSR count). The van der Waals surface area contributed by atoms with Gasteiger partial charge in [0, 0.05) is 19.7 Å². The summed E-state index contributed by atoms with van der Waals surface area (Å²) in [6, 6.07) is 12.7. The van der Waals surface area contributed by atoms with E-state index in [0.717, 1.165) is 16.3 Å². The van der Waals surface area contributed by atoms with Gasteiger partial charge < -0.3 is 4.74 Å². The zero-order chi connectivity index (χ0) is 20.2. The standard InChI is InChI=1S/C20H23NO5S/c1-5-15-9-11-16(12-10-15)19(22)14(2)26-20(23)17-7-6-8-18(13-17)27(24,25)21(3)4/h6-14H,5H2,1-4H3/t14-/m1/s1. The summed E-state index contributed by atoms with van der Waals surface area (Å²) in [5.41, 5.74) is 1.63. The Balaban J connectivity index is 2.15. The third-order valence-corrected chi connectivity index (χ3v) is 5.96. The SMILES string of the molecule is CCc1ccc(C(=O)[C@@H](C)OC(=O)c2cccc(S(=O)(=O)N(C)C)c2)cc1. The maximum absolute atomic E-state index is 12.4. The molecule has 7 heteroatoms. The molecule has 0 aromatic heterocycles. The highest BCUT2D eigenvalue weighted by molar-refractivity contribution is 7.89. The van der Waals surface area contributed by atoms with Crippen LogP contribution in [-0.4, -0.2) is 44.7 Å². The number of ketones is 1. The minimum atomic E-state index is -3.67. The lowest BCUT2D eigenvalue weighted by Gasteiger charge is -2.14. The first-order chi connectivity index (χ1) is 12.7. The van der Waals surface area contributed by atoms with Crippen molar-refractivity contribution < 1.29 is 22.7 Å². The second-order valence-electron chi connectivity index (χ2n) is 6.28. The molecule has 0 radical (unpaired) electrons. The molecule has 1 atom stereocenters. The first-order valence-electron chi connectivity index (χ1n) is 8.53. The molecule has 2 aromatic carbocycles. The van der Waals surface area contributed by atoms with E-state index in [4.69, 9.17) is 4.74 Å². The van der Waals surface area contributed by atoms with Crippen LogP contribution < -0.4 is 0 Å². The summed E-state index contributed by atoms with van der Waals surface area (Å²) in [6.45, 7) is 3.51. The molecular weight excluding hydrogens is 366 g/mol. The van der Waals surface area contributed by atoms with Gasteiger partial charge in [0.2, 0.25) is 15.8 Å². The van der Waals surface area contributed by atoms with Gasteiger partial charge in [0.05, 0.1) is 10.5 Å². The molecule has 0 aliphatic rings. The van der Waals surface area contributed by atoms with Crippen molar-refractivity contribution >= 4 is 21.8 Å². The van der Waals surface area contributed by atoms with Crippen molar-refractivity contribution in [2.24, 2.45) is 0 Å². The Morgan fingerprint density at radius 2 is 1.67 bits per heavy atom. The summed E-state index contributed by atoms with van der Waals surface area (Å²) in [7, 11) is -0.853. The first-order valence-corrected chi connectivity index (χ1v) is 9.97. The lowest BCUT2D eigenvalue weighted by Crippen LogP contribution is -2.25. The second kappa shape index (κ2) is 8.45. The fourth-order valence-electron chi connectivity index (χ4n) is 2.42. The van der Waals surface area contributed by atoms with Crippen molar-refractivity contribution in [2.45, 2.75) is 31.3 Å². The highest BCUT2D eigenvalue weighted by Crippen LogP contribution is 2.17. The Kier molecular flexibility index (Phi) is 6.51. The molecule has 0 unspecified atom stereocenters. The van der Waals surface area contributed by atoms with Crippen LogP contribution in [0.1, 0.15) is 40.1 Å². The zero-order valence-electron chi connectivity index (χ0n) is 15.8. The first kappa shape index (κ1) is 20.8. The molecule has 6 nitrogen and oxygen atoms in total. The van der Waals surface area contributed by atoms with Crippen molar-refractivity contribution in [2.75, 3.05) is 14.1 Å². The highest BCUT2D eigenvalue weighted by atomic mass is 32.2. The van der Waals surface area contributed by atoms with Gasteiger partial charge in [-0.05, 0) is 37.1 Å². The summed E-state index contributed by atoms with van der Waals surface area (Å²) in [4.78, 5) is 24.8. The van der Waals surface area contributed by atoms with Crippen molar-refractivity contribution in [3.05, 3.63) is 65.2 Å². The van der Waals surface area contributed by atoms with Crippen LogP contribution >= 0.6 is 0 Å². The van der Waals surface area contributed by atoms with Crippen LogP contribution in [0.5, 0.6) is 0 Å². The summed E-state index contributed by atoms with van der Waals surface area (Å²) in [5.74, 6) is -1.07. The largest absolute Gasteiger partial charge is 0.451 e. The third kappa shape index (κ3) is 4.81. The number of Topliss-reactive ketones (excluding diaryl/α,β-unsaturated/α-hetero) is 1. The van der Waals surface area contributed by atoms with Crippen molar-refractivity contribution in [1.82, 2.24) is 4.31 Å². The maximum Gasteiger partial charge on any atom is 0.338 e.